The van der Waals surface area contributed by atoms with Gasteiger partial charge in [-0.15, -0.1) is 0 Å². The van der Waals surface area contributed by atoms with Crippen molar-refractivity contribution in [1.29, 1.82) is 0 Å². The molecular weight excluding hydrogens is 396 g/mol. The fourth-order valence-electron chi connectivity index (χ4n) is 3.90. The Morgan fingerprint density at radius 1 is 1.32 bits per heavy atom. The van der Waals surface area contributed by atoms with E-state index in [0.29, 0.717) is 30.4 Å². The van der Waals surface area contributed by atoms with Gasteiger partial charge in [0.1, 0.15) is 11.6 Å². The van der Waals surface area contributed by atoms with Gasteiger partial charge in [-0.05, 0) is 42.9 Å². The molecule has 1 aliphatic rings. The van der Waals surface area contributed by atoms with Crippen LogP contribution in [0.15, 0.2) is 36.8 Å². The fraction of sp³-hybridized carbons (Fsp3) is 0.381. The Labute approximate surface area is 179 Å². The zero-order chi connectivity index (χ0) is 22.0. The van der Waals surface area contributed by atoms with Crippen LogP contribution in [0.1, 0.15) is 44.0 Å². The Bertz CT molecular complexity index is 1080. The average molecular weight is 422 g/mol. The number of nitrogens with two attached hydrogens (primary N) is 1. The smallest absolute Gasteiger partial charge is 0.313 e. The quantitative estimate of drug-likeness (QED) is 0.551. The first-order valence-electron chi connectivity index (χ1n) is 10.4. The molecule has 3 aromatic rings. The zero-order valence-corrected chi connectivity index (χ0v) is 17.6. The first-order chi connectivity index (χ1) is 15.0. The lowest BCUT2D eigenvalue weighted by molar-refractivity contribution is -0.146. The van der Waals surface area contributed by atoms with Gasteiger partial charge in [-0.2, -0.15) is 10.2 Å². The monoisotopic (exact) mass is 422 g/mol. The van der Waals surface area contributed by atoms with Crippen molar-refractivity contribution < 1.29 is 9.59 Å². The third-order valence-corrected chi connectivity index (χ3v) is 5.60. The molecule has 0 spiro atoms. The first-order valence-corrected chi connectivity index (χ1v) is 10.4. The Morgan fingerprint density at radius 3 is 2.90 bits per heavy atom. The Balaban J connectivity index is 1.53. The summed E-state index contributed by atoms with van der Waals surface area (Å²) in [6.07, 6.45) is 7.30. The standard InChI is InChI=1S/C21H26N8O2/c1-3-14-10-15(11-23-19(14)22)25-20(30)21(31)28-12-13(2)4-5-17(28)16-7-9-29(27-16)18-6-8-24-26-18/h6-11,13,17H,3-5,12H2,1-2H3,(H2,22,23)(H,24,26)(H,25,30)/t13-,17?/m0/s1. The van der Waals surface area contributed by atoms with E-state index in [0.717, 1.165) is 29.9 Å². The van der Waals surface area contributed by atoms with Crippen LogP contribution in [0.3, 0.4) is 0 Å². The van der Waals surface area contributed by atoms with Gasteiger partial charge in [0, 0.05) is 18.8 Å². The number of H-pyrrole nitrogens is 1. The van der Waals surface area contributed by atoms with Crippen molar-refractivity contribution >= 4 is 23.3 Å². The molecule has 2 amide bonds. The van der Waals surface area contributed by atoms with E-state index in [1.165, 1.54) is 6.20 Å². The van der Waals surface area contributed by atoms with E-state index in [9.17, 15) is 9.59 Å². The van der Waals surface area contributed by atoms with Gasteiger partial charge in [-0.1, -0.05) is 13.8 Å². The van der Waals surface area contributed by atoms with Crippen molar-refractivity contribution in [3.63, 3.8) is 0 Å². The highest BCUT2D eigenvalue weighted by molar-refractivity contribution is 6.39. The molecule has 2 atom stereocenters. The highest BCUT2D eigenvalue weighted by Crippen LogP contribution is 2.33. The minimum Gasteiger partial charge on any atom is -0.383 e. The van der Waals surface area contributed by atoms with Gasteiger partial charge in [-0.25, -0.2) is 9.67 Å². The van der Waals surface area contributed by atoms with Crippen molar-refractivity contribution in [2.24, 2.45) is 5.92 Å². The molecule has 0 radical (unpaired) electrons. The van der Waals surface area contributed by atoms with Gasteiger partial charge >= 0.3 is 11.8 Å². The number of aromatic nitrogens is 5. The Hall–Kier alpha value is -3.69. The molecule has 31 heavy (non-hydrogen) atoms. The molecule has 1 fully saturated rings. The first kappa shape index (κ1) is 20.6. The summed E-state index contributed by atoms with van der Waals surface area (Å²) in [4.78, 5) is 31.6. The van der Waals surface area contributed by atoms with Gasteiger partial charge in [0.15, 0.2) is 0 Å². The topological polar surface area (TPSA) is 135 Å². The summed E-state index contributed by atoms with van der Waals surface area (Å²) >= 11 is 0. The predicted molar refractivity (Wildman–Crippen MR) is 115 cm³/mol. The van der Waals surface area contributed by atoms with E-state index in [4.69, 9.17) is 5.73 Å². The second-order valence-electron chi connectivity index (χ2n) is 7.86. The number of piperidine rings is 1. The van der Waals surface area contributed by atoms with Gasteiger partial charge < -0.3 is 16.0 Å². The van der Waals surface area contributed by atoms with E-state index in [-0.39, 0.29) is 6.04 Å². The van der Waals surface area contributed by atoms with E-state index in [1.807, 2.05) is 19.2 Å². The van der Waals surface area contributed by atoms with Crippen LogP contribution >= 0.6 is 0 Å². The average Bonchev–Trinajstić information content (AvgIpc) is 3.46. The molecule has 3 aromatic heterocycles. The molecule has 162 valence electrons. The van der Waals surface area contributed by atoms with E-state index < -0.39 is 11.8 Å². The molecule has 0 saturated carbocycles. The number of carbonyl (C=O) groups excluding carboxylic acids is 2. The largest absolute Gasteiger partial charge is 0.383 e. The summed E-state index contributed by atoms with van der Waals surface area (Å²) in [6.45, 7) is 4.52. The summed E-state index contributed by atoms with van der Waals surface area (Å²) < 4.78 is 1.68. The fourth-order valence-corrected chi connectivity index (χ4v) is 3.90. The number of aryl methyl sites for hydroxylation is 1. The summed E-state index contributed by atoms with van der Waals surface area (Å²) in [5.41, 5.74) is 7.84. The van der Waals surface area contributed by atoms with Gasteiger partial charge in [0.25, 0.3) is 0 Å². The molecule has 10 nitrogen and oxygen atoms in total. The van der Waals surface area contributed by atoms with Crippen LogP contribution in [-0.2, 0) is 16.0 Å². The second kappa shape index (κ2) is 8.58. The number of nitrogens with one attached hydrogen (secondary N) is 2. The second-order valence-corrected chi connectivity index (χ2v) is 7.86. The highest BCUT2D eigenvalue weighted by atomic mass is 16.2. The molecule has 4 rings (SSSR count). The zero-order valence-electron chi connectivity index (χ0n) is 17.6. The molecular formula is C21H26N8O2. The number of hydrogen-bond donors (Lipinski definition) is 3. The minimum atomic E-state index is -0.694. The van der Waals surface area contributed by atoms with Crippen molar-refractivity contribution in [3.8, 4) is 5.82 Å². The van der Waals surface area contributed by atoms with Crippen LogP contribution in [0.5, 0.6) is 0 Å². The number of rotatable bonds is 4. The number of anilines is 2. The van der Waals surface area contributed by atoms with Crippen LogP contribution in [0.2, 0.25) is 0 Å². The number of nitrogens with zero attached hydrogens (tertiary/aromatic N) is 5. The maximum absolute atomic E-state index is 13.1. The molecule has 10 heteroatoms. The third kappa shape index (κ3) is 4.27. The van der Waals surface area contributed by atoms with Crippen LogP contribution in [0.25, 0.3) is 5.82 Å². The normalized spacial score (nSPS) is 18.7. The van der Waals surface area contributed by atoms with Crippen LogP contribution in [0.4, 0.5) is 11.5 Å². The van der Waals surface area contributed by atoms with Gasteiger partial charge in [-0.3, -0.25) is 14.7 Å². The lowest BCUT2D eigenvalue weighted by Crippen LogP contribution is -2.46. The summed E-state index contributed by atoms with van der Waals surface area (Å²) in [7, 11) is 0. The maximum atomic E-state index is 13.1. The van der Waals surface area contributed by atoms with Crippen LogP contribution in [0, 0.1) is 5.92 Å². The van der Waals surface area contributed by atoms with E-state index >= 15 is 0 Å². The number of likely N-dealkylation sites (tertiary alicyclic amines) is 1. The molecule has 0 aliphatic carbocycles. The Kier molecular flexibility index (Phi) is 5.70. The SMILES string of the molecule is CCc1cc(NC(=O)C(=O)N2C[C@@H](C)CCC2c2ccn(-c3ccn[nH]3)n2)cnc1N. The number of carbonyl (C=O) groups is 2. The molecule has 1 saturated heterocycles. The van der Waals surface area contributed by atoms with Crippen LogP contribution < -0.4 is 11.1 Å². The predicted octanol–water partition coefficient (Wildman–Crippen LogP) is 2.07. The molecule has 0 bridgehead atoms. The van der Waals surface area contributed by atoms with Crippen molar-refractivity contribution in [2.75, 3.05) is 17.6 Å². The van der Waals surface area contributed by atoms with Crippen molar-refractivity contribution in [1.82, 2.24) is 29.9 Å². The van der Waals surface area contributed by atoms with Gasteiger partial charge in [0.05, 0.1) is 29.8 Å². The van der Waals surface area contributed by atoms with E-state index in [1.54, 1.807) is 27.9 Å². The summed E-state index contributed by atoms with van der Waals surface area (Å²) in [6, 6.07) is 5.16. The summed E-state index contributed by atoms with van der Waals surface area (Å²) in [5, 5.41) is 14.1. The Morgan fingerprint density at radius 2 is 2.16 bits per heavy atom. The number of amides is 2. The lowest BCUT2D eigenvalue weighted by atomic mass is 9.92. The molecule has 4 N–H and O–H groups in total. The van der Waals surface area contributed by atoms with Crippen molar-refractivity contribution in [2.45, 2.75) is 39.2 Å². The number of aromatic amines is 1. The van der Waals surface area contributed by atoms with Crippen molar-refractivity contribution in [3.05, 3.63) is 48.0 Å². The maximum Gasteiger partial charge on any atom is 0.313 e. The number of hydrogen-bond acceptors (Lipinski definition) is 6. The molecule has 0 aromatic carbocycles. The number of nitrogen functional groups attached to an aromatic ring is 1. The minimum absolute atomic E-state index is 0.269. The molecule has 1 aliphatic heterocycles. The van der Waals surface area contributed by atoms with Crippen LogP contribution in [-0.4, -0.2) is 48.2 Å². The third-order valence-electron chi connectivity index (χ3n) is 5.60. The lowest BCUT2D eigenvalue weighted by Gasteiger charge is -2.37. The highest BCUT2D eigenvalue weighted by Gasteiger charge is 2.35. The van der Waals surface area contributed by atoms with E-state index in [2.05, 4.69) is 32.5 Å². The number of pyridine rings is 1. The molecule has 4 heterocycles. The summed E-state index contributed by atoms with van der Waals surface area (Å²) in [5.74, 6) is 0.175. The van der Waals surface area contributed by atoms with Gasteiger partial charge in [0.2, 0.25) is 0 Å². The molecule has 1 unspecified atom stereocenters.